The summed E-state index contributed by atoms with van der Waals surface area (Å²) in [6, 6.07) is 3.80. The van der Waals surface area contributed by atoms with Crippen LogP contribution in [0.3, 0.4) is 0 Å². The fraction of sp³-hybridized carbons (Fsp3) is 0.533. The van der Waals surface area contributed by atoms with Gasteiger partial charge in [0.2, 0.25) is 5.90 Å². The molecule has 1 atom stereocenters. The maximum Gasteiger partial charge on any atom is 0.419 e. The van der Waals surface area contributed by atoms with E-state index in [9.17, 15) is 13.2 Å². The first-order chi connectivity index (χ1) is 11.0. The van der Waals surface area contributed by atoms with Crippen LogP contribution in [-0.4, -0.2) is 38.4 Å². The number of ether oxygens (including phenoxy) is 3. The molecule has 0 bridgehead atoms. The van der Waals surface area contributed by atoms with Crippen molar-refractivity contribution in [3.63, 3.8) is 0 Å². The topological polar surface area (TPSA) is 52.1 Å². The zero-order valence-electron chi connectivity index (χ0n) is 12.4. The Balaban J connectivity index is 1.81. The van der Waals surface area contributed by atoms with Crippen molar-refractivity contribution in [1.29, 1.82) is 0 Å². The van der Waals surface area contributed by atoms with Crippen LogP contribution in [0.25, 0.3) is 0 Å². The quantitative estimate of drug-likeness (QED) is 0.922. The normalized spacial score (nSPS) is 21.3. The minimum absolute atomic E-state index is 0.113. The van der Waals surface area contributed by atoms with Gasteiger partial charge < -0.3 is 19.6 Å². The number of hydrogen-bond donors (Lipinski definition) is 1. The molecular formula is C15H17F3N2O3. The summed E-state index contributed by atoms with van der Waals surface area (Å²) in [6.45, 7) is 1.63. The lowest BCUT2D eigenvalue weighted by atomic mass is 10.1. The molecule has 1 aromatic carbocycles. The fourth-order valence-electron chi connectivity index (χ4n) is 2.47. The van der Waals surface area contributed by atoms with Crippen LogP contribution in [-0.2, 0) is 15.7 Å². The largest absolute Gasteiger partial charge is 0.490 e. The Labute approximate surface area is 131 Å². The van der Waals surface area contributed by atoms with Gasteiger partial charge in [0.15, 0.2) is 0 Å². The first-order valence-corrected chi connectivity index (χ1v) is 7.43. The molecule has 1 N–H and O–H groups in total. The molecule has 1 fully saturated rings. The molecule has 0 saturated carbocycles. The van der Waals surface area contributed by atoms with Gasteiger partial charge in [0.25, 0.3) is 0 Å². The van der Waals surface area contributed by atoms with Crippen LogP contribution in [0.5, 0.6) is 5.75 Å². The summed E-state index contributed by atoms with van der Waals surface area (Å²) < 4.78 is 55.9. The lowest BCUT2D eigenvalue weighted by Crippen LogP contribution is -2.26. The Morgan fingerprint density at radius 3 is 2.83 bits per heavy atom. The number of nitrogens with zero attached hydrogens (tertiary/aromatic N) is 1. The van der Waals surface area contributed by atoms with Gasteiger partial charge in [0, 0.05) is 12.2 Å². The molecule has 23 heavy (non-hydrogen) atoms. The minimum atomic E-state index is -4.52. The van der Waals surface area contributed by atoms with Crippen molar-refractivity contribution in [3.8, 4) is 5.75 Å². The van der Waals surface area contributed by atoms with Crippen molar-refractivity contribution in [2.75, 3.05) is 26.4 Å². The highest BCUT2D eigenvalue weighted by Crippen LogP contribution is 2.37. The van der Waals surface area contributed by atoms with E-state index in [2.05, 4.69) is 10.5 Å². The Morgan fingerprint density at radius 2 is 2.17 bits per heavy atom. The highest BCUT2D eigenvalue weighted by atomic mass is 19.4. The monoisotopic (exact) mass is 330 g/mol. The van der Waals surface area contributed by atoms with Gasteiger partial charge >= 0.3 is 6.18 Å². The first kappa shape index (κ1) is 15.9. The molecule has 0 aromatic heterocycles. The van der Waals surface area contributed by atoms with Crippen LogP contribution in [0.1, 0.15) is 24.0 Å². The van der Waals surface area contributed by atoms with Gasteiger partial charge in [-0.05, 0) is 31.0 Å². The van der Waals surface area contributed by atoms with Crippen molar-refractivity contribution >= 4 is 5.90 Å². The van der Waals surface area contributed by atoms with E-state index >= 15 is 0 Å². The molecule has 1 aromatic rings. The number of benzene rings is 1. The van der Waals surface area contributed by atoms with Crippen LogP contribution in [0, 0.1) is 0 Å². The van der Waals surface area contributed by atoms with Crippen molar-refractivity contribution in [1.82, 2.24) is 5.43 Å². The molecule has 0 unspecified atom stereocenters. The van der Waals surface area contributed by atoms with Gasteiger partial charge in [-0.15, -0.1) is 5.10 Å². The maximum atomic E-state index is 13.3. The Kier molecular flexibility index (Phi) is 4.61. The van der Waals surface area contributed by atoms with Gasteiger partial charge in [-0.3, -0.25) is 0 Å². The molecule has 2 heterocycles. The van der Waals surface area contributed by atoms with Crippen molar-refractivity contribution in [2.45, 2.75) is 25.1 Å². The lowest BCUT2D eigenvalue weighted by Gasteiger charge is -2.19. The molecular weight excluding hydrogens is 313 g/mol. The van der Waals surface area contributed by atoms with E-state index < -0.39 is 11.7 Å². The predicted octanol–water partition coefficient (Wildman–Crippen LogP) is 2.54. The van der Waals surface area contributed by atoms with Crippen LogP contribution in [0.4, 0.5) is 13.2 Å². The third-order valence-electron chi connectivity index (χ3n) is 3.61. The Bertz CT molecular complexity index is 584. The number of halogens is 3. The van der Waals surface area contributed by atoms with Gasteiger partial charge in [0.1, 0.15) is 19.0 Å². The summed E-state index contributed by atoms with van der Waals surface area (Å²) in [5.41, 5.74) is 2.12. The lowest BCUT2D eigenvalue weighted by molar-refractivity contribution is -0.139. The van der Waals surface area contributed by atoms with Crippen LogP contribution >= 0.6 is 0 Å². The average molecular weight is 330 g/mol. The Morgan fingerprint density at radius 1 is 1.30 bits per heavy atom. The molecule has 2 aliphatic rings. The third-order valence-corrected chi connectivity index (χ3v) is 3.61. The van der Waals surface area contributed by atoms with Crippen molar-refractivity contribution < 1.29 is 27.4 Å². The highest BCUT2D eigenvalue weighted by molar-refractivity contribution is 5.94. The van der Waals surface area contributed by atoms with E-state index in [1.54, 1.807) is 0 Å². The van der Waals surface area contributed by atoms with E-state index in [0.29, 0.717) is 19.8 Å². The third kappa shape index (κ3) is 3.87. The maximum absolute atomic E-state index is 13.3. The van der Waals surface area contributed by atoms with E-state index in [0.717, 1.165) is 18.9 Å². The highest BCUT2D eigenvalue weighted by Gasteiger charge is 2.35. The van der Waals surface area contributed by atoms with Crippen LogP contribution < -0.4 is 10.2 Å². The fourth-order valence-corrected chi connectivity index (χ4v) is 2.47. The molecule has 5 nitrogen and oxygen atoms in total. The molecule has 126 valence electrons. The van der Waals surface area contributed by atoms with E-state index in [-0.39, 0.29) is 29.9 Å². The minimum Gasteiger partial charge on any atom is -0.490 e. The summed E-state index contributed by atoms with van der Waals surface area (Å²) >= 11 is 0. The summed E-state index contributed by atoms with van der Waals surface area (Å²) in [6.07, 6.45) is -2.96. The van der Waals surface area contributed by atoms with E-state index in [4.69, 9.17) is 14.2 Å². The zero-order chi connectivity index (χ0) is 16.3. The first-order valence-electron chi connectivity index (χ1n) is 7.43. The molecule has 1 saturated heterocycles. The summed E-state index contributed by atoms with van der Waals surface area (Å²) in [4.78, 5) is 0. The number of nitrogens with one attached hydrogen (secondary N) is 1. The summed E-state index contributed by atoms with van der Waals surface area (Å²) in [5, 5.41) is 3.88. The van der Waals surface area contributed by atoms with Crippen molar-refractivity contribution in [3.05, 3.63) is 29.3 Å². The molecule has 0 amide bonds. The SMILES string of the molecule is FC(F)(F)c1cc(C2=NNCCO2)ccc1OC[C@@H]1CCCO1. The van der Waals surface area contributed by atoms with Gasteiger partial charge in [-0.1, -0.05) is 0 Å². The molecule has 0 radical (unpaired) electrons. The molecule has 0 spiro atoms. The van der Waals surface area contributed by atoms with Crippen molar-refractivity contribution in [2.24, 2.45) is 5.10 Å². The zero-order valence-corrected chi connectivity index (χ0v) is 12.4. The average Bonchev–Trinajstić information content (AvgIpc) is 3.06. The molecule has 2 aliphatic heterocycles. The second kappa shape index (κ2) is 6.66. The molecule has 0 aliphatic carbocycles. The van der Waals surface area contributed by atoms with Crippen LogP contribution in [0.2, 0.25) is 0 Å². The van der Waals surface area contributed by atoms with E-state index in [1.165, 1.54) is 12.1 Å². The molecule has 3 rings (SSSR count). The number of hydrogen-bond acceptors (Lipinski definition) is 5. The van der Waals surface area contributed by atoms with Gasteiger partial charge in [0.05, 0.1) is 18.2 Å². The standard InChI is InChI=1S/C15H17F3N2O3/c16-15(17,18)12-8-10(14-20-19-5-7-22-14)3-4-13(12)23-9-11-2-1-6-21-11/h3-4,8,11,19H,1-2,5-7,9H2/t11-/m0/s1. The Hall–Kier alpha value is -1.96. The number of hydrazone groups is 1. The van der Waals surface area contributed by atoms with Crippen LogP contribution in [0.15, 0.2) is 23.3 Å². The van der Waals surface area contributed by atoms with E-state index in [1.807, 2.05) is 0 Å². The number of rotatable bonds is 4. The second-order valence-corrected chi connectivity index (χ2v) is 5.33. The summed E-state index contributed by atoms with van der Waals surface area (Å²) in [7, 11) is 0. The smallest absolute Gasteiger partial charge is 0.419 e. The molecule has 8 heteroatoms. The van der Waals surface area contributed by atoms with Gasteiger partial charge in [-0.2, -0.15) is 13.2 Å². The second-order valence-electron chi connectivity index (χ2n) is 5.33. The predicted molar refractivity (Wildman–Crippen MR) is 76.4 cm³/mol. The number of alkyl halides is 3. The van der Waals surface area contributed by atoms with Gasteiger partial charge in [-0.25, -0.2) is 0 Å². The summed E-state index contributed by atoms with van der Waals surface area (Å²) in [5.74, 6) is -0.0615.